The van der Waals surface area contributed by atoms with Gasteiger partial charge in [-0.1, -0.05) is 31.5 Å². The fourth-order valence-electron chi connectivity index (χ4n) is 5.19. The molecule has 0 amide bonds. The van der Waals surface area contributed by atoms with E-state index in [1.807, 2.05) is 25.1 Å². The highest BCUT2D eigenvalue weighted by Gasteiger charge is 2.42. The highest BCUT2D eigenvalue weighted by molar-refractivity contribution is 6.04. The topological polar surface area (TPSA) is 117 Å². The molecule has 1 heterocycles. The lowest BCUT2D eigenvalue weighted by Gasteiger charge is -2.36. The number of benzene rings is 2. The molecule has 0 bridgehead atoms. The molecule has 0 spiro atoms. The highest BCUT2D eigenvalue weighted by Crippen LogP contribution is 2.47. The fraction of sp³-hybridized carbons (Fsp3) is 0.379. The molecular weight excluding hydrogens is 488 g/mol. The van der Waals surface area contributed by atoms with Crippen LogP contribution in [-0.2, 0) is 14.3 Å². The first kappa shape index (κ1) is 26.9. The van der Waals surface area contributed by atoms with Gasteiger partial charge in [-0.25, -0.2) is 4.79 Å². The Labute approximate surface area is 221 Å². The fourth-order valence-corrected chi connectivity index (χ4v) is 5.19. The minimum absolute atomic E-state index is 0.106. The largest absolute Gasteiger partial charge is 0.493 e. The third kappa shape index (κ3) is 5.27. The Balaban J connectivity index is 1.77. The average molecular weight is 521 g/mol. The molecule has 0 fully saturated rings. The molecule has 2 unspecified atom stereocenters. The number of dihydropyridines is 1. The van der Waals surface area contributed by atoms with Crippen molar-refractivity contribution in [2.24, 2.45) is 0 Å². The van der Waals surface area contributed by atoms with Crippen molar-refractivity contribution in [2.75, 3.05) is 20.8 Å². The van der Waals surface area contributed by atoms with Gasteiger partial charge >= 0.3 is 5.97 Å². The Hall–Kier alpha value is -4.14. The summed E-state index contributed by atoms with van der Waals surface area (Å²) in [6.45, 7) is 4.03. The number of carbonyl (C=O) groups excluding carboxylic acids is 2. The first-order valence-corrected chi connectivity index (χ1v) is 12.7. The number of nitrogens with one attached hydrogen (secondary N) is 1. The maximum atomic E-state index is 13.8. The predicted molar refractivity (Wildman–Crippen MR) is 141 cm³/mol. The molecule has 200 valence electrons. The molecule has 0 aromatic heterocycles. The number of ether oxygens (including phenoxy) is 3. The van der Waals surface area contributed by atoms with Crippen LogP contribution >= 0.6 is 0 Å². The molecule has 0 saturated carbocycles. The molecule has 2 aromatic rings. The summed E-state index contributed by atoms with van der Waals surface area (Å²) in [7, 11) is 3.13. The number of Topliss-reactive ketones (excluding diaryl/α,β-unsaturated/α-hetero) is 1. The summed E-state index contributed by atoms with van der Waals surface area (Å²) in [5.74, 6) is -0.353. The van der Waals surface area contributed by atoms with Gasteiger partial charge in [-0.15, -0.1) is 0 Å². The number of nitrogens with zero attached hydrogens (tertiary/aromatic N) is 1. The van der Waals surface area contributed by atoms with E-state index in [0.717, 1.165) is 12.0 Å². The van der Waals surface area contributed by atoms with Crippen molar-refractivity contribution in [3.63, 3.8) is 0 Å². The summed E-state index contributed by atoms with van der Waals surface area (Å²) in [6, 6.07) is 11.7. The summed E-state index contributed by atoms with van der Waals surface area (Å²) < 4.78 is 16.3. The zero-order valence-electron chi connectivity index (χ0n) is 22.0. The molecule has 2 atom stereocenters. The van der Waals surface area contributed by atoms with Crippen LogP contribution in [0.2, 0.25) is 0 Å². The van der Waals surface area contributed by atoms with Crippen molar-refractivity contribution in [3.8, 4) is 11.5 Å². The van der Waals surface area contributed by atoms with Crippen LogP contribution in [0.5, 0.6) is 11.5 Å². The van der Waals surface area contributed by atoms with Crippen molar-refractivity contribution in [1.29, 1.82) is 0 Å². The Kier molecular flexibility index (Phi) is 8.14. The maximum Gasteiger partial charge on any atom is 0.336 e. The van der Waals surface area contributed by atoms with E-state index in [-0.39, 0.29) is 30.4 Å². The van der Waals surface area contributed by atoms with Gasteiger partial charge in [-0.3, -0.25) is 14.9 Å². The number of carbonyl (C=O) groups is 2. The van der Waals surface area contributed by atoms with Crippen molar-refractivity contribution in [3.05, 3.63) is 86.2 Å². The van der Waals surface area contributed by atoms with Crippen LogP contribution in [-0.4, -0.2) is 37.5 Å². The lowest BCUT2D eigenvalue weighted by molar-refractivity contribution is -0.384. The minimum Gasteiger partial charge on any atom is -0.493 e. The van der Waals surface area contributed by atoms with Crippen LogP contribution in [0.1, 0.15) is 62.5 Å². The summed E-state index contributed by atoms with van der Waals surface area (Å²) in [4.78, 5) is 38.1. The van der Waals surface area contributed by atoms with Crippen LogP contribution in [0.4, 0.5) is 5.69 Å². The Morgan fingerprint density at radius 1 is 1.08 bits per heavy atom. The molecule has 0 radical (unpaired) electrons. The monoisotopic (exact) mass is 520 g/mol. The maximum absolute atomic E-state index is 13.8. The van der Waals surface area contributed by atoms with Gasteiger partial charge in [0.05, 0.1) is 31.3 Å². The molecule has 0 saturated heterocycles. The number of nitro benzene ring substituents is 1. The van der Waals surface area contributed by atoms with E-state index in [1.54, 1.807) is 33.3 Å². The van der Waals surface area contributed by atoms with Gasteiger partial charge in [-0.05, 0) is 48.9 Å². The first-order chi connectivity index (χ1) is 18.3. The quantitative estimate of drug-likeness (QED) is 0.204. The highest BCUT2D eigenvalue weighted by atomic mass is 16.6. The van der Waals surface area contributed by atoms with Crippen LogP contribution in [0.25, 0.3) is 0 Å². The van der Waals surface area contributed by atoms with E-state index in [4.69, 9.17) is 14.2 Å². The van der Waals surface area contributed by atoms with Crippen LogP contribution in [0.3, 0.4) is 0 Å². The minimum atomic E-state index is -0.765. The number of methoxy groups -OCH3 is 2. The molecule has 2 aromatic carbocycles. The molecule has 38 heavy (non-hydrogen) atoms. The van der Waals surface area contributed by atoms with Gasteiger partial charge in [0.2, 0.25) is 0 Å². The van der Waals surface area contributed by atoms with E-state index >= 15 is 0 Å². The third-order valence-corrected chi connectivity index (χ3v) is 7.07. The summed E-state index contributed by atoms with van der Waals surface area (Å²) in [5.41, 5.74) is 3.37. The second kappa shape index (κ2) is 11.5. The smallest absolute Gasteiger partial charge is 0.336 e. The van der Waals surface area contributed by atoms with Crippen molar-refractivity contribution in [2.45, 2.75) is 51.4 Å². The van der Waals surface area contributed by atoms with Gasteiger partial charge in [0, 0.05) is 41.4 Å². The van der Waals surface area contributed by atoms with Crippen molar-refractivity contribution >= 4 is 17.4 Å². The Bertz CT molecular complexity index is 1330. The van der Waals surface area contributed by atoms with Gasteiger partial charge < -0.3 is 19.5 Å². The van der Waals surface area contributed by atoms with Gasteiger partial charge in [0.15, 0.2) is 17.3 Å². The zero-order chi connectivity index (χ0) is 27.4. The Morgan fingerprint density at radius 3 is 2.53 bits per heavy atom. The molecule has 1 N–H and O–H groups in total. The number of ketones is 1. The van der Waals surface area contributed by atoms with Gasteiger partial charge in [0.1, 0.15) is 0 Å². The lowest BCUT2D eigenvalue weighted by atomic mass is 9.71. The summed E-state index contributed by atoms with van der Waals surface area (Å²) in [5, 5.41) is 14.8. The summed E-state index contributed by atoms with van der Waals surface area (Å²) >= 11 is 0. The number of rotatable bonds is 9. The van der Waals surface area contributed by atoms with Crippen LogP contribution in [0, 0.1) is 10.1 Å². The molecule has 9 heteroatoms. The van der Waals surface area contributed by atoms with Crippen LogP contribution in [0.15, 0.2) is 65.0 Å². The van der Waals surface area contributed by atoms with Crippen LogP contribution < -0.4 is 14.8 Å². The summed E-state index contributed by atoms with van der Waals surface area (Å²) in [6.07, 6.45) is 2.33. The number of hydrogen-bond donors (Lipinski definition) is 1. The second-order valence-electron chi connectivity index (χ2n) is 9.47. The number of allylic oxidation sites excluding steroid dienone is 3. The molecular formula is C29H32N2O7. The van der Waals surface area contributed by atoms with E-state index in [1.165, 1.54) is 12.1 Å². The normalized spacial score (nSPS) is 19.0. The lowest BCUT2D eigenvalue weighted by Crippen LogP contribution is -2.36. The number of non-ortho nitro benzene ring substituents is 1. The molecule has 1 aliphatic carbocycles. The molecule has 2 aliphatic rings. The van der Waals surface area contributed by atoms with E-state index in [0.29, 0.717) is 52.4 Å². The number of hydrogen-bond acceptors (Lipinski definition) is 8. The van der Waals surface area contributed by atoms with E-state index in [2.05, 4.69) is 5.32 Å². The van der Waals surface area contributed by atoms with E-state index < -0.39 is 16.8 Å². The first-order valence-electron chi connectivity index (χ1n) is 12.7. The SMILES string of the molecule is CCCCOC(=O)C1=C(C)NC2=C(C(=O)CC(c3ccc(OC)c(OC)c3)C2)C1c1cccc([N+](=O)[O-])c1. The molecule has 1 aliphatic heterocycles. The number of unbranched alkanes of at least 4 members (excludes halogenated alkanes) is 1. The molecule has 9 nitrogen and oxygen atoms in total. The second-order valence-corrected chi connectivity index (χ2v) is 9.47. The number of nitro groups is 1. The molecule has 4 rings (SSSR count). The van der Waals surface area contributed by atoms with Gasteiger partial charge in [0.25, 0.3) is 5.69 Å². The zero-order valence-corrected chi connectivity index (χ0v) is 22.0. The predicted octanol–water partition coefficient (Wildman–Crippen LogP) is 5.32. The van der Waals surface area contributed by atoms with Gasteiger partial charge in [-0.2, -0.15) is 0 Å². The van der Waals surface area contributed by atoms with Crippen molar-refractivity contribution < 1.29 is 28.7 Å². The van der Waals surface area contributed by atoms with E-state index in [9.17, 15) is 19.7 Å². The standard InChI is InChI=1S/C29H32N2O7/c1-5-6-12-38-29(33)26-17(2)30-22-14-20(18-10-11-24(36-3)25(16-18)37-4)15-23(32)28(22)27(26)19-8-7-9-21(13-19)31(34)35/h7-11,13,16,20,27,30H,5-6,12,14-15H2,1-4H3. The third-order valence-electron chi connectivity index (χ3n) is 7.07. The number of esters is 1. The van der Waals surface area contributed by atoms with Crippen molar-refractivity contribution in [1.82, 2.24) is 5.32 Å². The average Bonchev–Trinajstić information content (AvgIpc) is 2.91. The Morgan fingerprint density at radius 2 is 1.84 bits per heavy atom.